The minimum Gasteiger partial charge on any atom is -0.367 e. The number of imide groups is 1. The molecule has 1 N–H and O–H groups in total. The van der Waals surface area contributed by atoms with Gasteiger partial charge < -0.3 is 5.32 Å². The predicted octanol–water partition coefficient (Wildman–Crippen LogP) is 3.93. The minimum atomic E-state index is -0.381. The van der Waals surface area contributed by atoms with Gasteiger partial charge in [-0.05, 0) is 41.6 Å². The van der Waals surface area contributed by atoms with E-state index in [-0.39, 0.29) is 23.6 Å². The average molecular weight is 328 g/mol. The summed E-state index contributed by atoms with van der Waals surface area (Å²) in [7, 11) is 0. The second-order valence-electron chi connectivity index (χ2n) is 4.87. The molecular formula is C17H13FN2O2S. The monoisotopic (exact) mass is 328 g/mol. The van der Waals surface area contributed by atoms with Crippen LogP contribution in [0.3, 0.4) is 0 Å². The second kappa shape index (κ2) is 6.66. The van der Waals surface area contributed by atoms with E-state index in [9.17, 15) is 14.0 Å². The number of nitrogens with zero attached hydrogens (tertiary/aromatic N) is 1. The Morgan fingerprint density at radius 3 is 2.61 bits per heavy atom. The molecule has 2 aromatic carbocycles. The van der Waals surface area contributed by atoms with Crippen molar-refractivity contribution in [2.24, 2.45) is 0 Å². The molecule has 0 radical (unpaired) electrons. The number of hydrogen-bond donors (Lipinski definition) is 1. The molecule has 0 saturated carbocycles. The van der Waals surface area contributed by atoms with Crippen LogP contribution in [0.4, 0.5) is 14.9 Å². The first-order valence-corrected chi connectivity index (χ1v) is 7.75. The van der Waals surface area contributed by atoms with E-state index in [1.807, 2.05) is 30.3 Å². The third kappa shape index (κ3) is 3.60. The first-order valence-electron chi connectivity index (χ1n) is 6.93. The Morgan fingerprint density at radius 1 is 1.09 bits per heavy atom. The molecule has 0 spiro atoms. The number of carbonyl (C=O) groups excluding carboxylic acids is 2. The minimum absolute atomic E-state index is 0.000248. The molecule has 1 aliphatic heterocycles. The molecule has 0 atom stereocenters. The van der Waals surface area contributed by atoms with Gasteiger partial charge in [-0.3, -0.25) is 14.5 Å². The molecule has 4 nitrogen and oxygen atoms in total. The molecule has 2 aromatic rings. The zero-order valence-corrected chi connectivity index (χ0v) is 12.8. The summed E-state index contributed by atoms with van der Waals surface area (Å²) in [4.78, 5) is 25.8. The lowest BCUT2D eigenvalue weighted by molar-refractivity contribution is -0.122. The smallest absolute Gasteiger partial charge is 0.295 e. The molecule has 1 saturated heterocycles. The summed E-state index contributed by atoms with van der Waals surface area (Å²) in [6.45, 7) is 0.000248. The maximum absolute atomic E-state index is 13.1. The maximum Gasteiger partial charge on any atom is 0.295 e. The van der Waals surface area contributed by atoms with Crippen molar-refractivity contribution in [3.8, 4) is 0 Å². The van der Waals surface area contributed by atoms with Crippen LogP contribution < -0.4 is 5.32 Å². The van der Waals surface area contributed by atoms with Crippen molar-refractivity contribution >= 4 is 34.7 Å². The van der Waals surface area contributed by atoms with E-state index in [4.69, 9.17) is 0 Å². The van der Waals surface area contributed by atoms with Gasteiger partial charge in [-0.1, -0.05) is 36.4 Å². The van der Waals surface area contributed by atoms with E-state index in [0.717, 1.165) is 22.2 Å². The van der Waals surface area contributed by atoms with Gasteiger partial charge in [0.25, 0.3) is 11.1 Å². The Balaban J connectivity index is 1.70. The van der Waals surface area contributed by atoms with Crippen LogP contribution in [0.25, 0.3) is 6.08 Å². The molecule has 1 heterocycles. The van der Waals surface area contributed by atoms with Crippen molar-refractivity contribution in [1.82, 2.24) is 4.90 Å². The van der Waals surface area contributed by atoms with E-state index in [1.54, 1.807) is 18.2 Å². The fourth-order valence-electron chi connectivity index (χ4n) is 2.11. The van der Waals surface area contributed by atoms with Crippen LogP contribution in [-0.4, -0.2) is 22.7 Å². The highest BCUT2D eigenvalue weighted by molar-refractivity contribution is 8.18. The van der Waals surface area contributed by atoms with Crippen LogP contribution in [0.15, 0.2) is 59.5 Å². The van der Waals surface area contributed by atoms with Crippen molar-refractivity contribution in [2.45, 2.75) is 0 Å². The van der Waals surface area contributed by atoms with E-state index in [2.05, 4.69) is 5.32 Å². The Morgan fingerprint density at radius 2 is 1.87 bits per heavy atom. The summed E-state index contributed by atoms with van der Waals surface area (Å²) in [6, 6.07) is 15.2. The highest BCUT2D eigenvalue weighted by atomic mass is 32.2. The summed E-state index contributed by atoms with van der Waals surface area (Å²) in [5.41, 5.74) is 1.37. The van der Waals surface area contributed by atoms with Crippen LogP contribution in [0.1, 0.15) is 5.56 Å². The molecule has 0 unspecified atom stereocenters. The molecule has 2 amide bonds. The van der Waals surface area contributed by atoms with E-state index >= 15 is 0 Å². The third-order valence-corrected chi connectivity index (χ3v) is 4.14. The third-order valence-electron chi connectivity index (χ3n) is 3.24. The van der Waals surface area contributed by atoms with Gasteiger partial charge in [-0.25, -0.2) is 4.39 Å². The number of benzene rings is 2. The van der Waals surface area contributed by atoms with Crippen molar-refractivity contribution < 1.29 is 14.0 Å². The Bertz CT molecular complexity index is 777. The highest BCUT2D eigenvalue weighted by Crippen LogP contribution is 2.32. The molecule has 6 heteroatoms. The number of hydrogen-bond acceptors (Lipinski definition) is 4. The van der Waals surface area contributed by atoms with Crippen LogP contribution in [0, 0.1) is 5.82 Å². The Kier molecular flexibility index (Phi) is 4.43. The van der Waals surface area contributed by atoms with Crippen LogP contribution in [-0.2, 0) is 4.79 Å². The second-order valence-corrected chi connectivity index (χ2v) is 5.86. The van der Waals surface area contributed by atoms with Gasteiger partial charge >= 0.3 is 0 Å². The van der Waals surface area contributed by atoms with Gasteiger partial charge in [0.1, 0.15) is 5.82 Å². The normalized spacial score (nSPS) is 16.2. The van der Waals surface area contributed by atoms with Crippen molar-refractivity contribution in [3.05, 3.63) is 70.9 Å². The Labute approximate surface area is 137 Å². The van der Waals surface area contributed by atoms with Gasteiger partial charge in [0.2, 0.25) is 0 Å². The zero-order chi connectivity index (χ0) is 16.2. The number of halogens is 1. The molecule has 1 aliphatic rings. The average Bonchev–Trinajstić information content (AvgIpc) is 2.80. The standard InChI is InChI=1S/C17H13FN2O2S/c18-13-7-4-8-14(10-13)19-11-20-16(21)15(23-17(20)22)9-12-5-2-1-3-6-12/h1-10,19H,11H2/b15-9+. The van der Waals surface area contributed by atoms with Crippen molar-refractivity contribution in [3.63, 3.8) is 0 Å². The molecule has 0 bridgehead atoms. The van der Waals surface area contributed by atoms with Crippen molar-refractivity contribution in [2.75, 3.05) is 12.0 Å². The van der Waals surface area contributed by atoms with E-state index in [1.165, 1.54) is 12.1 Å². The lowest BCUT2D eigenvalue weighted by Crippen LogP contribution is -2.33. The van der Waals surface area contributed by atoms with Gasteiger partial charge in [0.15, 0.2) is 0 Å². The summed E-state index contributed by atoms with van der Waals surface area (Å²) in [5.74, 6) is -0.735. The predicted molar refractivity (Wildman–Crippen MR) is 89.1 cm³/mol. The SMILES string of the molecule is O=C1S/C(=C/c2ccccc2)C(=O)N1CNc1cccc(F)c1. The summed E-state index contributed by atoms with van der Waals surface area (Å²) < 4.78 is 13.1. The van der Waals surface area contributed by atoms with Crippen LogP contribution in [0.5, 0.6) is 0 Å². The first-order chi connectivity index (χ1) is 11.1. The zero-order valence-electron chi connectivity index (χ0n) is 12.0. The first kappa shape index (κ1) is 15.3. The fourth-order valence-corrected chi connectivity index (χ4v) is 2.94. The number of nitrogens with one attached hydrogen (secondary N) is 1. The number of anilines is 1. The van der Waals surface area contributed by atoms with Crippen molar-refractivity contribution in [1.29, 1.82) is 0 Å². The van der Waals surface area contributed by atoms with Crippen LogP contribution in [0.2, 0.25) is 0 Å². The molecule has 116 valence electrons. The molecular weight excluding hydrogens is 315 g/mol. The Hall–Kier alpha value is -2.60. The summed E-state index contributed by atoms with van der Waals surface area (Å²) in [5, 5.41) is 2.53. The summed E-state index contributed by atoms with van der Waals surface area (Å²) >= 11 is 0.899. The van der Waals surface area contributed by atoms with Gasteiger partial charge in [0, 0.05) is 5.69 Å². The van der Waals surface area contributed by atoms with Gasteiger partial charge in [-0.2, -0.15) is 0 Å². The number of rotatable bonds is 4. The largest absolute Gasteiger partial charge is 0.367 e. The van der Waals surface area contributed by atoms with Crippen LogP contribution >= 0.6 is 11.8 Å². The fraction of sp³-hybridized carbons (Fsp3) is 0.0588. The molecule has 23 heavy (non-hydrogen) atoms. The maximum atomic E-state index is 13.1. The molecule has 0 aliphatic carbocycles. The number of amides is 2. The number of carbonyl (C=O) groups is 2. The highest BCUT2D eigenvalue weighted by Gasteiger charge is 2.34. The topological polar surface area (TPSA) is 49.4 Å². The molecule has 3 rings (SSSR count). The number of thioether (sulfide) groups is 1. The van der Waals surface area contributed by atoms with E-state index < -0.39 is 0 Å². The lowest BCUT2D eigenvalue weighted by Gasteiger charge is -2.14. The van der Waals surface area contributed by atoms with Gasteiger partial charge in [-0.15, -0.1) is 0 Å². The molecule has 1 fully saturated rings. The lowest BCUT2D eigenvalue weighted by atomic mass is 10.2. The summed E-state index contributed by atoms with van der Waals surface area (Å²) in [6.07, 6.45) is 1.69. The molecule has 0 aromatic heterocycles. The van der Waals surface area contributed by atoms with Gasteiger partial charge in [0.05, 0.1) is 11.6 Å². The van der Waals surface area contributed by atoms with E-state index in [0.29, 0.717) is 10.6 Å². The quantitative estimate of drug-likeness (QED) is 0.864.